The van der Waals surface area contributed by atoms with E-state index in [1.807, 2.05) is 18.7 Å². The van der Waals surface area contributed by atoms with E-state index in [-0.39, 0.29) is 89.4 Å². The van der Waals surface area contributed by atoms with Crippen molar-refractivity contribution in [3.05, 3.63) is 16.9 Å². The predicted molar refractivity (Wildman–Crippen MR) is 141 cm³/mol. The molecule has 1 aromatic rings. The SMILES string of the molecule is C[C@@H](CC(=O)Cn1cnnn1)[C@H]1C(=O)N2C(C(=O)O)=C(S[C@@H]3CN[C@H](C(=O)N4CC[N+](C)(C)CC4)C3)[C@H](C)[C@H]12.[I-]. The average Bonchev–Trinajstić information content (AvgIpc) is 3.59. The summed E-state index contributed by atoms with van der Waals surface area (Å²) >= 11 is 1.48. The van der Waals surface area contributed by atoms with Gasteiger partial charge in [-0.25, -0.2) is 9.48 Å². The molecule has 3 saturated heterocycles. The van der Waals surface area contributed by atoms with Gasteiger partial charge in [0.25, 0.3) is 0 Å². The summed E-state index contributed by atoms with van der Waals surface area (Å²) in [7, 11) is 4.35. The third-order valence-corrected chi connectivity index (χ3v) is 10.1. The Hall–Kier alpha value is -2.11. The molecule has 0 bridgehead atoms. The van der Waals surface area contributed by atoms with E-state index in [9.17, 15) is 24.3 Å². The molecule has 2 N–H and O–H groups in total. The van der Waals surface area contributed by atoms with Crippen LogP contribution in [0.5, 0.6) is 0 Å². The van der Waals surface area contributed by atoms with E-state index >= 15 is 0 Å². The van der Waals surface area contributed by atoms with Crippen LogP contribution < -0.4 is 29.3 Å². The Morgan fingerprint density at radius 3 is 2.58 bits per heavy atom. The van der Waals surface area contributed by atoms with Gasteiger partial charge in [0, 0.05) is 29.0 Å². The van der Waals surface area contributed by atoms with E-state index in [0.717, 1.165) is 30.7 Å². The van der Waals surface area contributed by atoms with Gasteiger partial charge in [-0.2, -0.15) is 0 Å². The zero-order valence-corrected chi connectivity index (χ0v) is 26.2. The largest absolute Gasteiger partial charge is 1.00 e. The van der Waals surface area contributed by atoms with Crippen molar-refractivity contribution in [3.63, 3.8) is 0 Å². The van der Waals surface area contributed by atoms with Crippen molar-refractivity contribution in [2.45, 2.75) is 50.6 Å². The van der Waals surface area contributed by atoms with E-state index in [2.05, 4.69) is 34.9 Å². The van der Waals surface area contributed by atoms with E-state index in [4.69, 9.17) is 0 Å². The van der Waals surface area contributed by atoms with Gasteiger partial charge in [0.2, 0.25) is 11.8 Å². The third kappa shape index (κ3) is 5.92. The first-order valence-electron chi connectivity index (χ1n) is 13.5. The molecule has 40 heavy (non-hydrogen) atoms. The van der Waals surface area contributed by atoms with Crippen molar-refractivity contribution >= 4 is 35.3 Å². The number of carboxylic acids is 1. The molecule has 1 aromatic heterocycles. The summed E-state index contributed by atoms with van der Waals surface area (Å²) < 4.78 is 2.26. The number of β-lactam (4-membered cyclic amide) rings is 1. The number of nitrogens with zero attached hydrogens (tertiary/aromatic N) is 7. The van der Waals surface area contributed by atoms with Crippen LogP contribution in [0.25, 0.3) is 0 Å². The maximum atomic E-state index is 13.2. The van der Waals surface area contributed by atoms with Gasteiger partial charge in [-0.05, 0) is 22.8 Å². The first kappa shape index (κ1) is 30.8. The van der Waals surface area contributed by atoms with Gasteiger partial charge in [0.1, 0.15) is 18.6 Å². The lowest BCUT2D eigenvalue weighted by atomic mass is 9.73. The molecule has 15 heteroatoms. The number of tetrazole rings is 1. The van der Waals surface area contributed by atoms with Crippen molar-refractivity contribution in [2.75, 3.05) is 46.8 Å². The fourth-order valence-electron chi connectivity index (χ4n) is 6.36. The fraction of sp³-hybridized carbons (Fsp3) is 0.720. The maximum absolute atomic E-state index is 13.2. The molecule has 0 radical (unpaired) electrons. The molecule has 13 nitrogen and oxygen atoms in total. The molecule has 220 valence electrons. The van der Waals surface area contributed by atoms with E-state index < -0.39 is 11.9 Å². The Labute approximate surface area is 254 Å². The number of carbonyl (C=O) groups excluding carboxylic acids is 3. The molecule has 0 unspecified atom stereocenters. The summed E-state index contributed by atoms with van der Waals surface area (Å²) in [5.41, 5.74) is 0.0526. The second kappa shape index (κ2) is 12.0. The van der Waals surface area contributed by atoms with E-state index in [1.165, 1.54) is 27.7 Å². The van der Waals surface area contributed by atoms with Crippen molar-refractivity contribution in [2.24, 2.45) is 17.8 Å². The van der Waals surface area contributed by atoms with Crippen LogP contribution in [0, 0.1) is 17.8 Å². The summed E-state index contributed by atoms with van der Waals surface area (Å²) in [6.07, 6.45) is 2.17. The van der Waals surface area contributed by atoms with Crippen LogP contribution in [0.4, 0.5) is 0 Å². The molecule has 5 rings (SSSR count). The summed E-state index contributed by atoms with van der Waals surface area (Å²) in [5, 5.41) is 24.2. The number of hydrogen-bond donors (Lipinski definition) is 2. The number of fused-ring (bicyclic) bond motifs is 1. The second-order valence-electron chi connectivity index (χ2n) is 11.9. The molecule has 0 aliphatic carbocycles. The van der Waals surface area contributed by atoms with Gasteiger partial charge in [-0.3, -0.25) is 14.4 Å². The highest BCUT2D eigenvalue weighted by Crippen LogP contribution is 2.53. The van der Waals surface area contributed by atoms with Crippen LogP contribution in [0.2, 0.25) is 0 Å². The lowest BCUT2D eigenvalue weighted by Crippen LogP contribution is -3.00. The minimum absolute atomic E-state index is 0. The van der Waals surface area contributed by atoms with Crippen LogP contribution in [0.1, 0.15) is 26.7 Å². The van der Waals surface area contributed by atoms with E-state index in [0.29, 0.717) is 17.9 Å². The Morgan fingerprint density at radius 2 is 1.95 bits per heavy atom. The predicted octanol–water partition coefficient (Wildman–Crippen LogP) is -3.57. The van der Waals surface area contributed by atoms with Crippen molar-refractivity contribution in [1.29, 1.82) is 0 Å². The fourth-order valence-corrected chi connectivity index (χ4v) is 7.84. The Kier molecular flexibility index (Phi) is 9.26. The van der Waals surface area contributed by atoms with Crippen LogP contribution in [-0.2, 0) is 25.7 Å². The minimum atomic E-state index is -1.12. The number of piperazine rings is 1. The minimum Gasteiger partial charge on any atom is -1.00 e. The Balaban J connectivity index is 0.00000370. The zero-order chi connectivity index (χ0) is 28.1. The third-order valence-electron chi connectivity index (χ3n) is 8.63. The van der Waals surface area contributed by atoms with Crippen LogP contribution >= 0.6 is 11.8 Å². The molecule has 0 saturated carbocycles. The highest BCUT2D eigenvalue weighted by atomic mass is 127. The van der Waals surface area contributed by atoms with Gasteiger partial charge >= 0.3 is 5.97 Å². The summed E-state index contributed by atoms with van der Waals surface area (Å²) in [6.45, 7) is 7.80. The number of Topliss-reactive ketones (excluding diaryl/α,β-unsaturated/α-hetero) is 1. The average molecular weight is 689 g/mol. The van der Waals surface area contributed by atoms with Crippen molar-refractivity contribution in [3.8, 4) is 0 Å². The Bertz CT molecular complexity index is 1180. The standard InChI is InChI=1S/C25H36N8O5S.HI/c1-14(9-16(34)12-31-13-27-28-29-31)19-20-15(2)22(21(25(37)38)32(20)24(19)36)39-17-10-18(26-11-17)23(35)30-5-7-33(3,4)8-6-30;/h13-15,17-20,26H,5-12H2,1-4H3;1H/t14-,15+,17-,18-,19+,20+;/m0./s1. The molecule has 5 heterocycles. The second-order valence-corrected chi connectivity index (χ2v) is 13.2. The molecule has 3 fully saturated rings. The number of halogens is 1. The number of quaternary nitrogens is 1. The lowest BCUT2D eigenvalue weighted by Gasteiger charge is -2.47. The number of hydrogen-bond acceptors (Lipinski definition) is 9. The number of ketones is 1. The summed E-state index contributed by atoms with van der Waals surface area (Å²) in [4.78, 5) is 55.2. The zero-order valence-electron chi connectivity index (χ0n) is 23.2. The number of rotatable bonds is 9. The number of thioether (sulfide) groups is 1. The normalized spacial score (nSPS) is 30.0. The van der Waals surface area contributed by atoms with Crippen LogP contribution in [0.3, 0.4) is 0 Å². The first-order chi connectivity index (χ1) is 18.5. The van der Waals surface area contributed by atoms with Crippen molar-refractivity contribution in [1.82, 2.24) is 35.3 Å². The van der Waals surface area contributed by atoms with E-state index in [1.54, 1.807) is 0 Å². The molecule has 2 amide bonds. The molecule has 0 aromatic carbocycles. The lowest BCUT2D eigenvalue weighted by molar-refractivity contribution is -0.894. The Morgan fingerprint density at radius 1 is 1.25 bits per heavy atom. The molecule has 4 aliphatic rings. The maximum Gasteiger partial charge on any atom is 0.353 e. The highest BCUT2D eigenvalue weighted by Gasteiger charge is 2.60. The van der Waals surface area contributed by atoms with Gasteiger partial charge in [0.15, 0.2) is 5.78 Å². The van der Waals surface area contributed by atoms with Crippen LogP contribution in [-0.4, -0.2) is 127 Å². The molecule has 0 spiro atoms. The van der Waals surface area contributed by atoms with Gasteiger partial charge in [0.05, 0.1) is 58.3 Å². The van der Waals surface area contributed by atoms with Crippen molar-refractivity contribution < 1.29 is 52.7 Å². The van der Waals surface area contributed by atoms with Gasteiger partial charge in [-0.15, -0.1) is 16.9 Å². The summed E-state index contributed by atoms with van der Waals surface area (Å²) in [5.74, 6) is -2.17. The smallest absolute Gasteiger partial charge is 0.353 e. The number of likely N-dealkylation sites (N-methyl/N-ethyl adjacent to an activating group) is 1. The molecule has 6 atom stereocenters. The van der Waals surface area contributed by atoms with Gasteiger partial charge < -0.3 is 48.7 Å². The number of nitrogens with one attached hydrogen (secondary N) is 1. The topological polar surface area (TPSA) is 151 Å². The molecule has 4 aliphatic heterocycles. The number of carboxylic acid groups (broad SMARTS) is 1. The quantitative estimate of drug-likeness (QED) is 0.152. The summed E-state index contributed by atoms with van der Waals surface area (Å²) in [6, 6.07) is -0.567. The molecular formula is C25H37IN8O5S. The highest BCUT2D eigenvalue weighted by molar-refractivity contribution is 8.03. The first-order valence-corrected chi connectivity index (χ1v) is 14.4. The monoisotopic (exact) mass is 688 g/mol. The number of amides is 2. The number of aromatic nitrogens is 4. The van der Waals surface area contributed by atoms with Gasteiger partial charge in [-0.1, -0.05) is 13.8 Å². The van der Waals surface area contributed by atoms with Crippen LogP contribution in [0.15, 0.2) is 16.9 Å². The number of carbonyl (C=O) groups is 4. The molecular weight excluding hydrogens is 651 g/mol. The number of aliphatic carboxylic acids is 1.